The fourth-order valence-electron chi connectivity index (χ4n) is 2.05. The highest BCUT2D eigenvalue weighted by atomic mass is 35.5. The average molecular weight is 281 g/mol. The lowest BCUT2D eigenvalue weighted by Gasteiger charge is -2.28. The predicted octanol–water partition coefficient (Wildman–Crippen LogP) is 3.57. The smallest absolute Gasteiger partial charge is 0.393 e. The van der Waals surface area contributed by atoms with Gasteiger partial charge in [-0.2, -0.15) is 13.2 Å². The zero-order valence-electron chi connectivity index (χ0n) is 9.38. The lowest BCUT2D eigenvalue weighted by atomic mass is 9.95. The molecule has 2 rings (SSSR count). The van der Waals surface area contributed by atoms with Gasteiger partial charge in [0.25, 0.3) is 0 Å². The number of alkyl halides is 3. The summed E-state index contributed by atoms with van der Waals surface area (Å²) in [6.45, 7) is 0.256. The minimum Gasteiger partial charge on any atom is -0.393 e. The number of halogens is 4. The third-order valence-corrected chi connectivity index (χ3v) is 3.16. The van der Waals surface area contributed by atoms with Crippen molar-refractivity contribution in [3.63, 3.8) is 0 Å². The van der Waals surface area contributed by atoms with Crippen molar-refractivity contribution in [1.29, 1.82) is 0 Å². The van der Waals surface area contributed by atoms with Crippen LogP contribution in [-0.4, -0.2) is 17.8 Å². The summed E-state index contributed by atoms with van der Waals surface area (Å²) in [6.07, 6.45) is -5.22. The summed E-state index contributed by atoms with van der Waals surface area (Å²) in [5.41, 5.74) is -0.764. The zero-order valence-corrected chi connectivity index (χ0v) is 10.1. The Morgan fingerprint density at radius 1 is 1.33 bits per heavy atom. The van der Waals surface area contributed by atoms with Gasteiger partial charge in [-0.05, 0) is 24.1 Å². The van der Waals surface area contributed by atoms with Gasteiger partial charge in [-0.3, -0.25) is 0 Å². The normalized spacial score (nSPS) is 25.2. The topological polar surface area (TPSA) is 29.5 Å². The highest BCUT2D eigenvalue weighted by Crippen LogP contribution is 2.39. The van der Waals surface area contributed by atoms with E-state index in [1.54, 1.807) is 0 Å². The van der Waals surface area contributed by atoms with E-state index in [1.165, 1.54) is 12.1 Å². The van der Waals surface area contributed by atoms with Gasteiger partial charge >= 0.3 is 6.18 Å². The first-order chi connectivity index (χ1) is 8.38. The van der Waals surface area contributed by atoms with Gasteiger partial charge in [-0.1, -0.05) is 17.7 Å². The van der Waals surface area contributed by atoms with Crippen molar-refractivity contribution in [2.75, 3.05) is 6.61 Å². The van der Waals surface area contributed by atoms with Gasteiger partial charge in [-0.15, -0.1) is 0 Å². The molecule has 0 saturated carbocycles. The van der Waals surface area contributed by atoms with Crippen molar-refractivity contribution in [3.8, 4) is 0 Å². The molecule has 0 spiro atoms. The Kier molecular flexibility index (Phi) is 3.84. The van der Waals surface area contributed by atoms with Gasteiger partial charge in [-0.25, -0.2) is 0 Å². The lowest BCUT2D eigenvalue weighted by Crippen LogP contribution is -2.25. The van der Waals surface area contributed by atoms with Crippen molar-refractivity contribution in [2.24, 2.45) is 0 Å². The Bertz CT molecular complexity index is 434. The molecule has 1 aromatic carbocycles. The number of ether oxygens (including phenoxy) is 1. The number of aliphatic hydroxyl groups excluding tert-OH is 1. The highest BCUT2D eigenvalue weighted by molar-refractivity contribution is 6.30. The largest absolute Gasteiger partial charge is 0.416 e. The molecule has 2 unspecified atom stereocenters. The molecular formula is C12H12ClF3O2. The van der Waals surface area contributed by atoms with E-state index < -0.39 is 23.9 Å². The summed E-state index contributed by atoms with van der Waals surface area (Å²) >= 11 is 5.60. The van der Waals surface area contributed by atoms with Crippen LogP contribution in [0.1, 0.15) is 30.1 Å². The zero-order chi connectivity index (χ0) is 13.3. The van der Waals surface area contributed by atoms with E-state index in [-0.39, 0.29) is 23.6 Å². The minimum atomic E-state index is -4.48. The second kappa shape index (κ2) is 5.07. The fourth-order valence-corrected chi connectivity index (χ4v) is 2.22. The molecule has 6 heteroatoms. The van der Waals surface area contributed by atoms with Crippen molar-refractivity contribution >= 4 is 11.6 Å². The molecule has 0 aromatic heterocycles. The first kappa shape index (κ1) is 13.6. The molecule has 1 aromatic rings. The van der Waals surface area contributed by atoms with E-state index in [9.17, 15) is 18.3 Å². The van der Waals surface area contributed by atoms with Crippen LogP contribution < -0.4 is 0 Å². The predicted molar refractivity (Wildman–Crippen MR) is 60.4 cm³/mol. The van der Waals surface area contributed by atoms with Crippen LogP contribution in [0.4, 0.5) is 13.2 Å². The first-order valence-electron chi connectivity index (χ1n) is 5.54. The van der Waals surface area contributed by atoms with Crippen LogP contribution in [0.15, 0.2) is 18.2 Å². The van der Waals surface area contributed by atoms with Crippen LogP contribution in [0.25, 0.3) is 0 Å². The molecule has 1 aliphatic heterocycles. The van der Waals surface area contributed by atoms with Crippen molar-refractivity contribution < 1.29 is 23.0 Å². The second-order valence-electron chi connectivity index (χ2n) is 4.27. The van der Waals surface area contributed by atoms with E-state index in [0.717, 1.165) is 6.07 Å². The van der Waals surface area contributed by atoms with Crippen LogP contribution in [0.5, 0.6) is 0 Å². The molecule has 1 aliphatic rings. The summed E-state index contributed by atoms with van der Waals surface area (Å²) in [5, 5.41) is 9.53. The van der Waals surface area contributed by atoms with Crippen LogP contribution in [0.3, 0.4) is 0 Å². The van der Waals surface area contributed by atoms with Crippen LogP contribution in [0, 0.1) is 0 Å². The number of aliphatic hydroxyl groups is 1. The third kappa shape index (κ3) is 2.96. The van der Waals surface area contributed by atoms with Crippen LogP contribution in [0.2, 0.25) is 5.02 Å². The van der Waals surface area contributed by atoms with Crippen molar-refractivity contribution in [1.82, 2.24) is 0 Å². The Morgan fingerprint density at radius 2 is 2.06 bits per heavy atom. The number of hydrogen-bond acceptors (Lipinski definition) is 2. The monoisotopic (exact) mass is 280 g/mol. The SMILES string of the molecule is OC1CCOC(c2ccc(Cl)cc2C(F)(F)F)C1. The quantitative estimate of drug-likeness (QED) is 0.852. The maximum Gasteiger partial charge on any atom is 0.416 e. The van der Waals surface area contributed by atoms with E-state index in [1.807, 2.05) is 0 Å². The molecule has 1 saturated heterocycles. The fraction of sp³-hybridized carbons (Fsp3) is 0.500. The summed E-state index contributed by atoms with van der Waals surface area (Å²) in [5.74, 6) is 0. The van der Waals surface area contributed by atoms with Crippen LogP contribution >= 0.6 is 11.6 Å². The molecule has 1 fully saturated rings. The molecule has 0 aliphatic carbocycles. The van der Waals surface area contributed by atoms with Gasteiger partial charge < -0.3 is 9.84 Å². The summed E-state index contributed by atoms with van der Waals surface area (Å²) in [6, 6.07) is 3.60. The standard InChI is InChI=1S/C12H12ClF3O2/c13-7-1-2-9(10(5-7)12(14,15)16)11-6-8(17)3-4-18-11/h1-2,5,8,11,17H,3-4,6H2. The number of rotatable bonds is 1. The second-order valence-corrected chi connectivity index (χ2v) is 4.70. The molecule has 2 atom stereocenters. The van der Waals surface area contributed by atoms with E-state index in [4.69, 9.17) is 16.3 Å². The molecule has 0 bridgehead atoms. The number of hydrogen-bond donors (Lipinski definition) is 1. The molecule has 2 nitrogen and oxygen atoms in total. The average Bonchev–Trinajstić information content (AvgIpc) is 2.27. The summed E-state index contributed by atoms with van der Waals surface area (Å²) in [4.78, 5) is 0. The first-order valence-corrected chi connectivity index (χ1v) is 5.92. The summed E-state index contributed by atoms with van der Waals surface area (Å²) < 4.78 is 44.0. The lowest BCUT2D eigenvalue weighted by molar-refractivity contribution is -0.140. The van der Waals surface area contributed by atoms with Gasteiger partial charge in [0.15, 0.2) is 0 Å². The maximum atomic E-state index is 12.9. The highest BCUT2D eigenvalue weighted by Gasteiger charge is 2.37. The van der Waals surface area contributed by atoms with Gasteiger partial charge in [0.1, 0.15) is 0 Å². The molecule has 0 radical (unpaired) electrons. The third-order valence-electron chi connectivity index (χ3n) is 2.92. The van der Waals surface area contributed by atoms with E-state index >= 15 is 0 Å². The van der Waals surface area contributed by atoms with E-state index in [0.29, 0.717) is 6.42 Å². The number of benzene rings is 1. The molecule has 100 valence electrons. The van der Waals surface area contributed by atoms with Crippen molar-refractivity contribution in [3.05, 3.63) is 34.3 Å². The minimum absolute atomic E-state index is 0.0300. The molecule has 0 amide bonds. The Balaban J connectivity index is 2.37. The van der Waals surface area contributed by atoms with Gasteiger partial charge in [0.05, 0.1) is 17.8 Å². The van der Waals surface area contributed by atoms with Gasteiger partial charge in [0.2, 0.25) is 0 Å². The molecular weight excluding hydrogens is 269 g/mol. The molecule has 18 heavy (non-hydrogen) atoms. The summed E-state index contributed by atoms with van der Waals surface area (Å²) in [7, 11) is 0. The Hall–Kier alpha value is -0.780. The van der Waals surface area contributed by atoms with Crippen LogP contribution in [-0.2, 0) is 10.9 Å². The Labute approximate surface area is 107 Å². The molecule has 1 heterocycles. The Morgan fingerprint density at radius 3 is 2.67 bits per heavy atom. The van der Waals surface area contributed by atoms with E-state index in [2.05, 4.69) is 0 Å². The van der Waals surface area contributed by atoms with Gasteiger partial charge in [0, 0.05) is 18.1 Å². The maximum absolute atomic E-state index is 12.9. The molecule has 1 N–H and O–H groups in total. The van der Waals surface area contributed by atoms with Crippen molar-refractivity contribution in [2.45, 2.75) is 31.2 Å².